The lowest BCUT2D eigenvalue weighted by atomic mass is 9.93. The van der Waals surface area contributed by atoms with Crippen LogP contribution in [0.15, 0.2) is 18.2 Å². The molecule has 1 aliphatic heterocycles. The summed E-state index contributed by atoms with van der Waals surface area (Å²) >= 11 is 12.1. The number of likely N-dealkylation sites (tertiary alicyclic amines) is 1. The first-order valence-electron chi connectivity index (χ1n) is 8.04. The van der Waals surface area contributed by atoms with Gasteiger partial charge in [0.25, 0.3) is 0 Å². The first-order valence-corrected chi connectivity index (χ1v) is 8.79. The van der Waals surface area contributed by atoms with Crippen molar-refractivity contribution in [3.05, 3.63) is 33.8 Å². The van der Waals surface area contributed by atoms with E-state index >= 15 is 0 Å². The monoisotopic (exact) mass is 366 g/mol. The molecular formula is C18H20Cl2N2O2. The summed E-state index contributed by atoms with van der Waals surface area (Å²) < 4.78 is 5.45. The number of carbonyl (C=O) groups excluding carboxylic acids is 1. The van der Waals surface area contributed by atoms with Crippen molar-refractivity contribution in [2.24, 2.45) is 11.8 Å². The van der Waals surface area contributed by atoms with Crippen molar-refractivity contribution in [1.29, 1.82) is 5.26 Å². The SMILES string of the molecule is CC(C)(C)OC(=O)N1CC[C@H]2[C@@H](C1)[C@]2(C#N)c1ccc(Cl)c(Cl)c1. The number of nitrogens with zero attached hydrogens (tertiary/aromatic N) is 2. The van der Waals surface area contributed by atoms with Crippen LogP contribution in [0.2, 0.25) is 10.0 Å². The van der Waals surface area contributed by atoms with E-state index in [0.717, 1.165) is 12.0 Å². The van der Waals surface area contributed by atoms with Crippen LogP contribution in [0.1, 0.15) is 32.8 Å². The molecule has 4 nitrogen and oxygen atoms in total. The van der Waals surface area contributed by atoms with Gasteiger partial charge in [-0.05, 0) is 50.8 Å². The van der Waals surface area contributed by atoms with Crippen LogP contribution >= 0.6 is 23.2 Å². The van der Waals surface area contributed by atoms with Crippen LogP contribution in [0.4, 0.5) is 4.79 Å². The average Bonchev–Trinajstić information content (AvgIpc) is 3.16. The van der Waals surface area contributed by atoms with Gasteiger partial charge in [-0.2, -0.15) is 5.26 Å². The molecule has 1 aromatic rings. The van der Waals surface area contributed by atoms with Crippen LogP contribution in [0.5, 0.6) is 0 Å². The predicted octanol–water partition coefficient (Wildman–Crippen LogP) is 4.64. The molecule has 1 saturated carbocycles. The molecule has 2 fully saturated rings. The van der Waals surface area contributed by atoms with Crippen molar-refractivity contribution in [3.63, 3.8) is 0 Å². The summed E-state index contributed by atoms with van der Waals surface area (Å²) in [5.41, 5.74) is -0.209. The third-order valence-electron chi connectivity index (χ3n) is 4.91. The summed E-state index contributed by atoms with van der Waals surface area (Å²) in [6.45, 7) is 6.70. The molecule has 24 heavy (non-hydrogen) atoms. The van der Waals surface area contributed by atoms with E-state index in [9.17, 15) is 10.1 Å². The molecular weight excluding hydrogens is 347 g/mol. The first kappa shape index (κ1) is 17.4. The molecule has 0 N–H and O–H groups in total. The fourth-order valence-electron chi connectivity index (χ4n) is 3.77. The number of hydrogen-bond donors (Lipinski definition) is 0. The lowest BCUT2D eigenvalue weighted by Crippen LogP contribution is -2.40. The van der Waals surface area contributed by atoms with Crippen molar-refractivity contribution in [2.45, 2.75) is 38.2 Å². The van der Waals surface area contributed by atoms with Gasteiger partial charge in [0.2, 0.25) is 0 Å². The second-order valence-electron chi connectivity index (χ2n) is 7.54. The number of halogens is 2. The molecule has 0 aromatic heterocycles. The Hall–Kier alpha value is -1.44. The topological polar surface area (TPSA) is 53.3 Å². The lowest BCUT2D eigenvalue weighted by Gasteiger charge is -2.29. The number of benzene rings is 1. The summed E-state index contributed by atoms with van der Waals surface area (Å²) in [7, 11) is 0. The quantitative estimate of drug-likeness (QED) is 0.727. The molecule has 3 rings (SSSR count). The third kappa shape index (κ3) is 2.85. The van der Waals surface area contributed by atoms with Gasteiger partial charge in [0.05, 0.1) is 21.5 Å². The Kier molecular flexibility index (Phi) is 4.22. The summed E-state index contributed by atoms with van der Waals surface area (Å²) in [6, 6.07) is 7.86. The molecule has 0 radical (unpaired) electrons. The summed E-state index contributed by atoms with van der Waals surface area (Å²) in [5.74, 6) is 0.361. The minimum Gasteiger partial charge on any atom is -0.444 e. The molecule has 3 atom stereocenters. The van der Waals surface area contributed by atoms with Crippen LogP contribution in [0.3, 0.4) is 0 Å². The van der Waals surface area contributed by atoms with Gasteiger partial charge in [-0.15, -0.1) is 0 Å². The maximum absolute atomic E-state index is 12.3. The van der Waals surface area contributed by atoms with E-state index < -0.39 is 11.0 Å². The second-order valence-corrected chi connectivity index (χ2v) is 8.35. The van der Waals surface area contributed by atoms with Crippen molar-refractivity contribution in [3.8, 4) is 6.07 Å². The molecule has 0 unspecified atom stereocenters. The number of piperidine rings is 1. The highest BCUT2D eigenvalue weighted by Crippen LogP contribution is 2.63. The lowest BCUT2D eigenvalue weighted by molar-refractivity contribution is 0.0207. The summed E-state index contributed by atoms with van der Waals surface area (Å²) in [4.78, 5) is 14.0. The minimum atomic E-state index is -0.578. The molecule has 1 saturated heterocycles. The molecule has 1 aliphatic carbocycles. The van der Waals surface area contributed by atoms with Gasteiger partial charge in [-0.25, -0.2) is 4.79 Å². The fraction of sp³-hybridized carbons (Fsp3) is 0.556. The summed E-state index contributed by atoms with van der Waals surface area (Å²) in [6.07, 6.45) is 0.478. The van der Waals surface area contributed by atoms with Crippen molar-refractivity contribution in [1.82, 2.24) is 4.90 Å². The maximum atomic E-state index is 12.3. The van der Waals surface area contributed by atoms with E-state index in [-0.39, 0.29) is 17.9 Å². The van der Waals surface area contributed by atoms with E-state index in [2.05, 4.69) is 6.07 Å². The molecule has 1 aromatic carbocycles. The molecule has 0 bridgehead atoms. The van der Waals surface area contributed by atoms with E-state index in [1.54, 1.807) is 17.0 Å². The number of amides is 1. The summed E-state index contributed by atoms with van der Waals surface area (Å²) in [5, 5.41) is 10.8. The highest BCUT2D eigenvalue weighted by Gasteiger charge is 2.68. The van der Waals surface area contributed by atoms with Crippen LogP contribution in [0, 0.1) is 23.2 Å². The molecule has 6 heteroatoms. The number of ether oxygens (including phenoxy) is 1. The van der Waals surface area contributed by atoms with E-state index in [1.807, 2.05) is 26.8 Å². The average molecular weight is 367 g/mol. The van der Waals surface area contributed by atoms with E-state index in [4.69, 9.17) is 27.9 Å². The zero-order chi connectivity index (χ0) is 17.7. The standard InChI is InChI=1S/C18H20Cl2N2O2/c1-17(2,3)24-16(23)22-7-6-12-13(9-22)18(12,10-21)11-4-5-14(19)15(20)8-11/h4-5,8,12-13H,6-7,9H2,1-3H3/t12-,13+,18+/m0/s1. The Balaban J connectivity index is 1.80. The Bertz CT molecular complexity index is 723. The number of fused-ring (bicyclic) bond motifs is 1. The van der Waals surface area contributed by atoms with Gasteiger partial charge in [-0.3, -0.25) is 0 Å². The van der Waals surface area contributed by atoms with Crippen molar-refractivity contribution < 1.29 is 9.53 Å². The Morgan fingerprint density at radius 3 is 2.62 bits per heavy atom. The van der Waals surface area contributed by atoms with Crippen molar-refractivity contribution >= 4 is 29.3 Å². The first-order chi connectivity index (χ1) is 11.2. The Morgan fingerprint density at radius 2 is 2.04 bits per heavy atom. The normalized spacial score (nSPS) is 28.8. The zero-order valence-corrected chi connectivity index (χ0v) is 15.5. The van der Waals surface area contributed by atoms with Crippen LogP contribution in [-0.4, -0.2) is 29.7 Å². The van der Waals surface area contributed by atoms with E-state index in [1.165, 1.54) is 0 Å². The molecule has 1 heterocycles. The number of carbonyl (C=O) groups is 1. The smallest absolute Gasteiger partial charge is 0.410 e. The van der Waals surface area contributed by atoms with Gasteiger partial charge >= 0.3 is 6.09 Å². The van der Waals surface area contributed by atoms with Crippen molar-refractivity contribution in [2.75, 3.05) is 13.1 Å². The van der Waals surface area contributed by atoms with Gasteiger partial charge < -0.3 is 9.64 Å². The highest BCUT2D eigenvalue weighted by molar-refractivity contribution is 6.42. The van der Waals surface area contributed by atoms with Gasteiger partial charge in [0, 0.05) is 19.0 Å². The molecule has 1 amide bonds. The van der Waals surface area contributed by atoms with Crippen LogP contribution < -0.4 is 0 Å². The fourth-order valence-corrected chi connectivity index (χ4v) is 4.06. The third-order valence-corrected chi connectivity index (χ3v) is 5.65. The number of rotatable bonds is 1. The maximum Gasteiger partial charge on any atom is 0.410 e. The van der Waals surface area contributed by atoms with Crippen LogP contribution in [0.25, 0.3) is 0 Å². The predicted molar refractivity (Wildman–Crippen MR) is 93.2 cm³/mol. The second kappa shape index (κ2) is 5.82. The van der Waals surface area contributed by atoms with Gasteiger partial charge in [-0.1, -0.05) is 29.3 Å². The molecule has 2 aliphatic rings. The Labute approximate surface area is 152 Å². The number of nitriles is 1. The Morgan fingerprint density at radius 1 is 1.33 bits per heavy atom. The largest absolute Gasteiger partial charge is 0.444 e. The highest BCUT2D eigenvalue weighted by atomic mass is 35.5. The van der Waals surface area contributed by atoms with Crippen LogP contribution in [-0.2, 0) is 10.2 Å². The van der Waals surface area contributed by atoms with Gasteiger partial charge in [0.15, 0.2) is 0 Å². The van der Waals surface area contributed by atoms with E-state index in [0.29, 0.717) is 23.1 Å². The zero-order valence-electron chi connectivity index (χ0n) is 14.0. The molecule has 0 spiro atoms. The van der Waals surface area contributed by atoms with Gasteiger partial charge in [0.1, 0.15) is 5.60 Å². The molecule has 128 valence electrons. The number of hydrogen-bond acceptors (Lipinski definition) is 3. The minimum absolute atomic E-state index is 0.112.